The van der Waals surface area contributed by atoms with E-state index in [0.29, 0.717) is 11.1 Å². The van der Waals surface area contributed by atoms with E-state index in [1.165, 1.54) is 0 Å². The van der Waals surface area contributed by atoms with Crippen LogP contribution in [0.4, 0.5) is 5.95 Å². The smallest absolute Gasteiger partial charge is 0.226 e. The van der Waals surface area contributed by atoms with Gasteiger partial charge in [-0.3, -0.25) is 0 Å². The second-order valence-electron chi connectivity index (χ2n) is 3.53. The highest BCUT2D eigenvalue weighted by Gasteiger charge is 2.18. The molecule has 76 valence electrons. The van der Waals surface area contributed by atoms with Crippen LogP contribution in [0.25, 0.3) is 0 Å². The molecule has 1 atom stereocenters. The summed E-state index contributed by atoms with van der Waals surface area (Å²) in [6, 6.07) is 1.90. The highest BCUT2D eigenvalue weighted by Crippen LogP contribution is 2.16. The van der Waals surface area contributed by atoms with Crippen LogP contribution in [0, 0.1) is 0 Å². The van der Waals surface area contributed by atoms with Gasteiger partial charge in [-0.05, 0) is 18.9 Å². The number of hydrogen-bond donors (Lipinski definition) is 1. The van der Waals surface area contributed by atoms with Crippen LogP contribution in [0.5, 0.6) is 0 Å². The Morgan fingerprint density at radius 1 is 1.57 bits per heavy atom. The van der Waals surface area contributed by atoms with Gasteiger partial charge in [-0.1, -0.05) is 11.6 Å². The number of anilines is 1. The first kappa shape index (κ1) is 9.68. The van der Waals surface area contributed by atoms with Gasteiger partial charge in [0.15, 0.2) is 0 Å². The number of hydrogen-bond acceptors (Lipinski definition) is 4. The van der Waals surface area contributed by atoms with Gasteiger partial charge in [-0.25, -0.2) is 9.97 Å². The number of piperidine rings is 1. The zero-order valence-corrected chi connectivity index (χ0v) is 8.61. The minimum atomic E-state index is 0.228. The maximum atomic E-state index is 5.87. The molecular weight excluding hydrogens is 200 g/mol. The topological polar surface area (TPSA) is 55.0 Å². The van der Waals surface area contributed by atoms with Crippen molar-refractivity contribution in [3.05, 3.63) is 17.4 Å². The fourth-order valence-electron chi connectivity index (χ4n) is 1.67. The Kier molecular flexibility index (Phi) is 2.84. The molecule has 2 rings (SSSR count). The van der Waals surface area contributed by atoms with E-state index in [1.54, 1.807) is 12.3 Å². The molecule has 2 heterocycles. The average molecular weight is 213 g/mol. The lowest BCUT2D eigenvalue weighted by Crippen LogP contribution is -2.43. The largest absolute Gasteiger partial charge is 0.339 e. The molecular formula is C9H13ClN4. The lowest BCUT2D eigenvalue weighted by atomic mass is 10.1. The predicted molar refractivity (Wildman–Crippen MR) is 56.5 cm³/mol. The summed E-state index contributed by atoms with van der Waals surface area (Å²) in [5.41, 5.74) is 5.87. The number of aromatic nitrogens is 2. The van der Waals surface area contributed by atoms with E-state index in [1.807, 2.05) is 0 Å². The average Bonchev–Trinajstić information content (AvgIpc) is 2.18. The summed E-state index contributed by atoms with van der Waals surface area (Å²) < 4.78 is 0. The molecule has 1 aliphatic rings. The first-order valence-corrected chi connectivity index (χ1v) is 5.12. The number of nitrogens with two attached hydrogens (primary N) is 1. The maximum absolute atomic E-state index is 5.87. The van der Waals surface area contributed by atoms with Gasteiger partial charge in [0.1, 0.15) is 5.15 Å². The molecule has 0 radical (unpaired) electrons. The molecule has 0 amide bonds. The van der Waals surface area contributed by atoms with Gasteiger partial charge in [0, 0.05) is 25.3 Å². The molecule has 0 aromatic carbocycles. The minimum absolute atomic E-state index is 0.228. The van der Waals surface area contributed by atoms with E-state index < -0.39 is 0 Å². The molecule has 2 N–H and O–H groups in total. The molecule has 0 aliphatic carbocycles. The number of halogens is 1. The van der Waals surface area contributed by atoms with Crippen LogP contribution in [0.15, 0.2) is 12.3 Å². The van der Waals surface area contributed by atoms with Crippen LogP contribution in [0.3, 0.4) is 0 Å². The molecule has 1 aliphatic heterocycles. The normalized spacial score (nSPS) is 22.4. The van der Waals surface area contributed by atoms with Crippen molar-refractivity contribution in [3.8, 4) is 0 Å². The van der Waals surface area contributed by atoms with Crippen molar-refractivity contribution in [2.45, 2.75) is 18.9 Å². The van der Waals surface area contributed by atoms with Crippen molar-refractivity contribution in [1.29, 1.82) is 0 Å². The fraction of sp³-hybridized carbons (Fsp3) is 0.556. The molecule has 0 bridgehead atoms. The molecule has 0 unspecified atom stereocenters. The molecule has 0 saturated carbocycles. The van der Waals surface area contributed by atoms with Crippen LogP contribution >= 0.6 is 11.6 Å². The van der Waals surface area contributed by atoms with Gasteiger partial charge in [0.25, 0.3) is 0 Å². The van der Waals surface area contributed by atoms with Crippen molar-refractivity contribution >= 4 is 17.5 Å². The highest BCUT2D eigenvalue weighted by molar-refractivity contribution is 6.29. The lowest BCUT2D eigenvalue weighted by molar-refractivity contribution is 0.500. The van der Waals surface area contributed by atoms with E-state index in [9.17, 15) is 0 Å². The summed E-state index contributed by atoms with van der Waals surface area (Å²) in [6.45, 7) is 1.79. The summed E-state index contributed by atoms with van der Waals surface area (Å²) in [4.78, 5) is 10.4. The van der Waals surface area contributed by atoms with Crippen LogP contribution in [0.1, 0.15) is 12.8 Å². The quantitative estimate of drug-likeness (QED) is 0.708. The summed E-state index contributed by atoms with van der Waals surface area (Å²) in [5.74, 6) is 0.688. The second kappa shape index (κ2) is 4.11. The molecule has 14 heavy (non-hydrogen) atoms. The molecule has 1 aromatic rings. The second-order valence-corrected chi connectivity index (χ2v) is 3.91. The molecule has 4 nitrogen and oxygen atoms in total. The summed E-state index contributed by atoms with van der Waals surface area (Å²) in [5, 5.41) is 0.481. The minimum Gasteiger partial charge on any atom is -0.339 e. The first-order valence-electron chi connectivity index (χ1n) is 4.75. The molecule has 1 aromatic heterocycles. The van der Waals surface area contributed by atoms with Crippen LogP contribution in [0.2, 0.25) is 5.15 Å². The molecule has 5 heteroatoms. The monoisotopic (exact) mass is 212 g/mol. The van der Waals surface area contributed by atoms with Gasteiger partial charge in [0.05, 0.1) is 0 Å². The van der Waals surface area contributed by atoms with Crippen molar-refractivity contribution in [2.75, 3.05) is 18.0 Å². The Bertz CT molecular complexity index is 317. The van der Waals surface area contributed by atoms with E-state index in [2.05, 4.69) is 14.9 Å². The standard InChI is InChI=1S/C9H13ClN4/c10-8-3-4-12-9(13-8)14-5-1-2-7(11)6-14/h3-4,7H,1-2,5-6,11H2/t7-/m0/s1. The van der Waals surface area contributed by atoms with E-state index in [-0.39, 0.29) is 6.04 Å². The SMILES string of the molecule is N[C@H]1CCCN(c2nccc(Cl)n2)C1. The van der Waals surface area contributed by atoms with Gasteiger partial charge in [0.2, 0.25) is 5.95 Å². The van der Waals surface area contributed by atoms with Crippen LogP contribution in [-0.4, -0.2) is 29.1 Å². The third-order valence-corrected chi connectivity index (χ3v) is 2.56. The van der Waals surface area contributed by atoms with E-state index in [0.717, 1.165) is 25.9 Å². The third-order valence-electron chi connectivity index (χ3n) is 2.35. The molecule has 0 spiro atoms. The maximum Gasteiger partial charge on any atom is 0.226 e. The van der Waals surface area contributed by atoms with Crippen molar-refractivity contribution < 1.29 is 0 Å². The van der Waals surface area contributed by atoms with E-state index in [4.69, 9.17) is 17.3 Å². The summed E-state index contributed by atoms with van der Waals surface area (Å²) in [7, 11) is 0. The molecule has 1 fully saturated rings. The van der Waals surface area contributed by atoms with Gasteiger partial charge in [-0.15, -0.1) is 0 Å². The summed E-state index contributed by atoms with van der Waals surface area (Å²) >= 11 is 5.79. The van der Waals surface area contributed by atoms with Crippen molar-refractivity contribution in [2.24, 2.45) is 5.73 Å². The van der Waals surface area contributed by atoms with Gasteiger partial charge >= 0.3 is 0 Å². The highest BCUT2D eigenvalue weighted by atomic mass is 35.5. The molecule has 1 saturated heterocycles. The van der Waals surface area contributed by atoms with Crippen LogP contribution in [-0.2, 0) is 0 Å². The summed E-state index contributed by atoms with van der Waals surface area (Å²) in [6.07, 6.45) is 3.85. The van der Waals surface area contributed by atoms with Gasteiger partial charge < -0.3 is 10.6 Å². The van der Waals surface area contributed by atoms with E-state index >= 15 is 0 Å². The van der Waals surface area contributed by atoms with Crippen molar-refractivity contribution in [3.63, 3.8) is 0 Å². The Hall–Kier alpha value is -0.870. The Morgan fingerprint density at radius 3 is 3.14 bits per heavy atom. The van der Waals surface area contributed by atoms with Crippen LogP contribution < -0.4 is 10.6 Å². The zero-order chi connectivity index (χ0) is 9.97. The van der Waals surface area contributed by atoms with Crippen molar-refractivity contribution in [1.82, 2.24) is 9.97 Å². The Morgan fingerprint density at radius 2 is 2.43 bits per heavy atom. The predicted octanol–water partition coefficient (Wildman–Crippen LogP) is 1.06. The zero-order valence-electron chi connectivity index (χ0n) is 7.86. The first-order chi connectivity index (χ1) is 6.75. The lowest BCUT2D eigenvalue weighted by Gasteiger charge is -2.30. The van der Waals surface area contributed by atoms with Gasteiger partial charge in [-0.2, -0.15) is 0 Å². The third kappa shape index (κ3) is 2.13. The number of nitrogens with zero attached hydrogens (tertiary/aromatic N) is 3. The number of rotatable bonds is 1. The Labute approximate surface area is 88.1 Å². The fourth-order valence-corrected chi connectivity index (χ4v) is 1.80. The Balaban J connectivity index is 2.14.